The second-order valence-electron chi connectivity index (χ2n) is 34.7. The smallest absolute Gasteiger partial charge is 0.187 e. The average molecular weight is 2010 g/mol. The lowest BCUT2D eigenvalue weighted by Crippen LogP contribution is -2.64. The van der Waals surface area contributed by atoms with Crippen molar-refractivity contribution >= 4 is 0 Å². The summed E-state index contributed by atoms with van der Waals surface area (Å²) in [5.74, 6) is 23.0. The van der Waals surface area contributed by atoms with E-state index in [-0.39, 0.29) is 79.3 Å². The summed E-state index contributed by atoms with van der Waals surface area (Å²) in [5, 5.41) is 293. The highest BCUT2D eigenvalue weighted by Gasteiger charge is 2.57. The predicted molar refractivity (Wildman–Crippen MR) is 464 cm³/mol. The maximum absolute atomic E-state index is 11.3. The second kappa shape index (κ2) is 54.2. The molecule has 0 radical (unpaired) electrons. The van der Waals surface area contributed by atoms with Crippen molar-refractivity contribution in [1.29, 1.82) is 0 Å². The van der Waals surface area contributed by atoms with Gasteiger partial charge in [-0.05, 0) is 70.8 Å². The van der Waals surface area contributed by atoms with Gasteiger partial charge in [-0.25, -0.2) is 0 Å². The van der Waals surface area contributed by atoms with Crippen molar-refractivity contribution in [3.8, 4) is 47.4 Å². The fourth-order valence-corrected chi connectivity index (χ4v) is 16.3. The highest BCUT2D eigenvalue weighted by atomic mass is 16.8. The van der Waals surface area contributed by atoms with Crippen molar-refractivity contribution in [2.75, 3.05) is 106 Å². The molecule has 8 saturated heterocycles. The molecule has 12 rings (SSSR count). The molecule has 8 heterocycles. The maximum atomic E-state index is 11.3. The summed E-state index contributed by atoms with van der Waals surface area (Å²) in [6.45, 7) is -8.20. The normalized spacial score (nSPS) is 37.8. The van der Waals surface area contributed by atoms with E-state index in [0.717, 1.165) is 0 Å². The Hall–Kier alpha value is -6.80. The molecule has 8 aliphatic heterocycles. The van der Waals surface area contributed by atoms with E-state index in [1.54, 1.807) is 97.1 Å². The molecule has 48 nitrogen and oxygen atoms in total. The van der Waals surface area contributed by atoms with E-state index in [2.05, 4.69) is 47.4 Å². The van der Waals surface area contributed by atoms with Gasteiger partial charge >= 0.3 is 0 Å². The molecule has 4 aromatic carbocycles. The van der Waals surface area contributed by atoms with E-state index < -0.39 is 304 Å². The van der Waals surface area contributed by atoms with E-state index in [4.69, 9.17) is 94.7 Å². The Morgan fingerprint density at radius 3 is 0.553 bits per heavy atom. The van der Waals surface area contributed by atoms with Crippen LogP contribution in [0, 0.1) is 52.8 Å². The maximum Gasteiger partial charge on any atom is 0.187 e. The van der Waals surface area contributed by atoms with Crippen LogP contribution in [0.5, 0.6) is 0 Å². The van der Waals surface area contributed by atoms with Crippen LogP contribution in [0.15, 0.2) is 97.1 Å². The summed E-state index contributed by atoms with van der Waals surface area (Å²) >= 11 is 0. The van der Waals surface area contributed by atoms with E-state index >= 15 is 0 Å². The van der Waals surface area contributed by atoms with Crippen molar-refractivity contribution in [1.82, 2.24) is 0 Å². The lowest BCUT2D eigenvalue weighted by atomic mass is 9.92. The Morgan fingerprint density at radius 1 is 0.206 bits per heavy atom. The zero-order valence-electron chi connectivity index (χ0n) is 75.7. The molecule has 0 amide bonds. The van der Waals surface area contributed by atoms with Crippen LogP contribution in [0.25, 0.3) is 0 Å². The third-order valence-corrected chi connectivity index (χ3v) is 24.6. The topological polar surface area (TPSA) is 751 Å². The molecule has 8 fully saturated rings. The Morgan fingerprint density at radius 2 is 0.376 bits per heavy atom. The Kier molecular flexibility index (Phi) is 43.4. The Labute approximate surface area is 806 Å². The van der Waals surface area contributed by atoms with Crippen LogP contribution in [0.2, 0.25) is 0 Å². The molecule has 40 atom stereocenters. The van der Waals surface area contributed by atoms with E-state index in [0.29, 0.717) is 44.5 Å². The van der Waals surface area contributed by atoms with Gasteiger partial charge in [0, 0.05) is 22.3 Å². The lowest BCUT2D eigenvalue weighted by molar-refractivity contribution is -0.359. The quantitative estimate of drug-likeness (QED) is 0.0184. The van der Waals surface area contributed by atoms with Gasteiger partial charge in [0.05, 0.1) is 111 Å². The largest absolute Gasteiger partial charge is 0.394 e. The van der Waals surface area contributed by atoms with Crippen molar-refractivity contribution in [2.24, 2.45) is 5.41 Å². The highest BCUT2D eigenvalue weighted by Crippen LogP contribution is 2.37. The number of aliphatic hydroxyl groups is 28. The first-order chi connectivity index (χ1) is 67.8. The number of benzene rings is 4. The SMILES string of the molecule is OC[C@H]1O[C@H](O[C@H]2[C@@H](O)[C@@H](CO)O[C@@H](OCC#Cc3ccc(COCC(COCc4ccc(C#CCO[C@@H]5O[C@H](CO)[C@H](O)[C@H](O[C@H]6O[C@H](CO)[C@H](O)[C@H](O)[C@H]6O)[C@H]5O)cc4)(COCc4ccc(C#CCO[C@@H]5O[C@H](CO)[C@H](O)[C@H](O[C@H]6O[C@H](CO)[C@H](O)[C@H](O)[C@H]6O)[C@H]5O)cc4)COCc4ccc(C#CCO[C@@H]5O[C@H](CO)[C@H](O)[C@H](O[C@H]6O[C@H](CO)[C@H](O)[C@H](O)[C@H]6O)[C@H]5O)cc4)cc3)[C@@H]2O)[C@H](O)[C@@H](O)[C@H]1O. The zero-order valence-corrected chi connectivity index (χ0v) is 75.7. The zero-order chi connectivity index (χ0) is 101. The minimum Gasteiger partial charge on any atom is -0.394 e. The van der Waals surface area contributed by atoms with E-state index in [9.17, 15) is 143 Å². The van der Waals surface area contributed by atoms with Crippen LogP contribution in [0.3, 0.4) is 0 Å². The molecular weight excluding hydrogens is 1880 g/mol. The van der Waals surface area contributed by atoms with Gasteiger partial charge in [0.2, 0.25) is 0 Å². The molecule has 4 aromatic rings. The molecule has 784 valence electrons. The van der Waals surface area contributed by atoms with Crippen LogP contribution in [-0.4, -0.2) is 494 Å². The number of ether oxygens (including phenoxy) is 20. The molecule has 0 bridgehead atoms. The average Bonchev–Trinajstić information content (AvgIpc) is 0.793. The number of aliphatic hydroxyl groups excluding tert-OH is 28. The first-order valence-electron chi connectivity index (χ1n) is 45.2. The summed E-state index contributed by atoms with van der Waals surface area (Å²) in [4.78, 5) is 0. The lowest BCUT2D eigenvalue weighted by Gasteiger charge is -2.45. The molecule has 28 N–H and O–H groups in total. The summed E-state index contributed by atoms with van der Waals surface area (Å²) in [6.07, 6.45) is -67.2. The summed E-state index contributed by atoms with van der Waals surface area (Å²) < 4.78 is 116. The first kappa shape index (κ1) is 113. The predicted octanol–water partition coefficient (Wildman–Crippen LogP) is -13.2. The number of hydrogen-bond donors (Lipinski definition) is 28. The van der Waals surface area contributed by atoms with Crippen molar-refractivity contribution < 1.29 is 238 Å². The van der Waals surface area contributed by atoms with E-state index in [1.807, 2.05) is 0 Å². The number of hydrogen-bond acceptors (Lipinski definition) is 48. The first-order valence-corrected chi connectivity index (χ1v) is 45.2. The molecule has 0 spiro atoms. The molecule has 0 saturated carbocycles. The molecule has 0 aromatic heterocycles. The van der Waals surface area contributed by atoms with Gasteiger partial charge in [-0.2, -0.15) is 0 Å². The van der Waals surface area contributed by atoms with Crippen LogP contribution in [0.4, 0.5) is 0 Å². The van der Waals surface area contributed by atoms with Gasteiger partial charge in [-0.15, -0.1) is 0 Å². The van der Waals surface area contributed by atoms with Gasteiger partial charge in [0.15, 0.2) is 50.3 Å². The third kappa shape index (κ3) is 29.0. The standard InChI is InChI=1S/C93H124O48/c94-29-53-61(102)69(110)73(114)89(134-53)138-81-65(106)57(33-98)130-85(77(81)118)126-25-1-5-45-9-17-49(18-10-45)37-122-41-93(42-123-38-50-19-11-46(12-20-50)6-2-26-127-86-78(119)82(66(107)58(34-99)131-86)139-90-74(115)70(111)62(103)54(30-95)135-90,43-124-39-51-21-13-47(14-22-51)7-3-27-128-87-79(120)83(67(108)59(35-100)132-87)140-91-75(116)71(112)63(104)55(31-96)136-91)44-125-40-52-23-15-48(16-24-52)8-4-28-129-88-80(121)84(68(109)60(36-101)133-88)141-92-76(117)72(113)64(105)56(32-97)137-92/h9-24,53-92,94-121H,25-44H2/t53-,54-,55-,56-,57-,58-,59-,60-,61+,62+,63+,64+,65+,66+,67+,68+,69+,70+,71+,72+,73-,74-,75-,76-,77-,78-,79-,80-,81+,82+,83+,84+,85-,86-,87-,88-,89-,90-,91-,92-/m1/s1. The molecule has 8 aliphatic rings. The molecule has 0 unspecified atom stereocenters. The van der Waals surface area contributed by atoms with Gasteiger partial charge in [0.25, 0.3) is 0 Å². The monoisotopic (exact) mass is 2010 g/mol. The number of rotatable bonds is 40. The minimum atomic E-state index is -1.90. The van der Waals surface area contributed by atoms with Gasteiger partial charge < -0.3 is 238 Å². The van der Waals surface area contributed by atoms with Gasteiger partial charge in [0.1, 0.15) is 222 Å². The molecular formula is C93H124O48. The molecule has 48 heteroatoms. The summed E-state index contributed by atoms with van der Waals surface area (Å²) in [6, 6.07) is 27.5. The van der Waals surface area contributed by atoms with Crippen molar-refractivity contribution in [3.05, 3.63) is 142 Å². The minimum absolute atomic E-state index is 0.00252. The molecule has 141 heavy (non-hydrogen) atoms. The summed E-state index contributed by atoms with van der Waals surface area (Å²) in [5.41, 5.74) is 3.48. The van der Waals surface area contributed by atoms with Crippen LogP contribution in [0.1, 0.15) is 44.5 Å². The van der Waals surface area contributed by atoms with Crippen molar-refractivity contribution in [2.45, 2.75) is 272 Å². The highest BCUT2D eigenvalue weighted by molar-refractivity contribution is 5.39. The van der Waals surface area contributed by atoms with E-state index in [1.165, 1.54) is 0 Å². The van der Waals surface area contributed by atoms with Gasteiger partial charge in [-0.1, -0.05) is 95.9 Å². The Balaban J connectivity index is 0.736. The van der Waals surface area contributed by atoms with Gasteiger partial charge in [-0.3, -0.25) is 0 Å². The summed E-state index contributed by atoms with van der Waals surface area (Å²) in [7, 11) is 0. The Bertz CT molecular complexity index is 4080. The van der Waals surface area contributed by atoms with Crippen LogP contribution >= 0.6 is 0 Å². The third-order valence-electron chi connectivity index (χ3n) is 24.6. The van der Waals surface area contributed by atoms with Crippen LogP contribution in [-0.2, 0) is 121 Å². The fourth-order valence-electron chi connectivity index (χ4n) is 16.3. The van der Waals surface area contributed by atoms with Crippen molar-refractivity contribution in [3.63, 3.8) is 0 Å². The fraction of sp³-hybridized carbons (Fsp3) is 0.656. The second-order valence-corrected chi connectivity index (χ2v) is 34.7. The molecule has 0 aliphatic carbocycles. The van der Waals surface area contributed by atoms with Crippen LogP contribution < -0.4 is 0 Å².